The van der Waals surface area contributed by atoms with Crippen molar-refractivity contribution >= 4 is 5.91 Å². The molecule has 0 aromatic rings. The molecule has 2 aliphatic heterocycles. The summed E-state index contributed by atoms with van der Waals surface area (Å²) in [6.45, 7) is 4.31. The molecule has 2 aliphatic rings. The Hall–Kier alpha value is -0.650. The van der Waals surface area contributed by atoms with Gasteiger partial charge in [-0.2, -0.15) is 0 Å². The van der Waals surface area contributed by atoms with Gasteiger partial charge in [0.1, 0.15) is 0 Å². The second-order valence-corrected chi connectivity index (χ2v) is 4.33. The van der Waals surface area contributed by atoms with Gasteiger partial charge in [-0.05, 0) is 13.0 Å². The van der Waals surface area contributed by atoms with E-state index in [2.05, 4.69) is 5.32 Å². The molecule has 0 spiro atoms. The highest BCUT2D eigenvalue weighted by atomic mass is 16.5. The van der Waals surface area contributed by atoms with Gasteiger partial charge in [0.25, 0.3) is 0 Å². The Labute approximate surface area is 96.1 Å². The predicted octanol–water partition coefficient (Wildman–Crippen LogP) is -0.530. The first-order valence-corrected chi connectivity index (χ1v) is 5.93. The summed E-state index contributed by atoms with van der Waals surface area (Å²) in [5, 5.41) is 3.27. The lowest BCUT2D eigenvalue weighted by Gasteiger charge is -2.30. The van der Waals surface area contributed by atoms with Crippen molar-refractivity contribution in [1.29, 1.82) is 0 Å². The molecular weight excluding hydrogens is 208 g/mol. The molecule has 1 N–H and O–H groups in total. The van der Waals surface area contributed by atoms with Crippen molar-refractivity contribution < 1.29 is 14.3 Å². The molecule has 0 unspecified atom stereocenters. The van der Waals surface area contributed by atoms with Gasteiger partial charge in [0.05, 0.1) is 25.2 Å². The second kappa shape index (κ2) is 5.61. The number of piperidine rings is 1. The molecule has 0 aliphatic carbocycles. The van der Waals surface area contributed by atoms with E-state index in [-0.39, 0.29) is 17.9 Å². The van der Waals surface area contributed by atoms with Gasteiger partial charge in [0, 0.05) is 26.7 Å². The molecule has 0 aromatic carbocycles. The highest BCUT2D eigenvalue weighted by molar-refractivity contribution is 5.79. The maximum absolute atomic E-state index is 12.2. The fourth-order valence-electron chi connectivity index (χ4n) is 2.37. The summed E-state index contributed by atoms with van der Waals surface area (Å²) in [4.78, 5) is 14.1. The van der Waals surface area contributed by atoms with E-state index in [0.717, 1.165) is 19.5 Å². The van der Waals surface area contributed by atoms with Gasteiger partial charge >= 0.3 is 0 Å². The molecule has 0 aromatic heterocycles. The van der Waals surface area contributed by atoms with Crippen LogP contribution in [0.3, 0.4) is 0 Å². The summed E-state index contributed by atoms with van der Waals surface area (Å²) in [5.41, 5.74) is 0. The maximum Gasteiger partial charge on any atom is 0.228 e. The number of rotatable bonds is 3. The van der Waals surface area contributed by atoms with Crippen LogP contribution in [0.2, 0.25) is 0 Å². The van der Waals surface area contributed by atoms with E-state index in [4.69, 9.17) is 9.47 Å². The van der Waals surface area contributed by atoms with Crippen LogP contribution in [0.25, 0.3) is 0 Å². The molecule has 16 heavy (non-hydrogen) atoms. The summed E-state index contributed by atoms with van der Waals surface area (Å²) in [6.07, 6.45) is 0.946. The minimum atomic E-state index is 0.0422. The van der Waals surface area contributed by atoms with Gasteiger partial charge in [-0.3, -0.25) is 4.79 Å². The van der Waals surface area contributed by atoms with Crippen LogP contribution in [0.15, 0.2) is 0 Å². The number of nitrogens with zero attached hydrogens (tertiary/aromatic N) is 1. The molecule has 5 nitrogen and oxygen atoms in total. The largest absolute Gasteiger partial charge is 0.383 e. The zero-order chi connectivity index (χ0) is 11.4. The second-order valence-electron chi connectivity index (χ2n) is 4.33. The number of amides is 1. The first-order chi connectivity index (χ1) is 7.83. The summed E-state index contributed by atoms with van der Waals surface area (Å²) < 4.78 is 10.7. The number of carbonyl (C=O) groups is 1. The van der Waals surface area contributed by atoms with Crippen LogP contribution in [0.5, 0.6) is 0 Å². The molecule has 2 fully saturated rings. The molecule has 0 radical (unpaired) electrons. The predicted molar refractivity (Wildman–Crippen MR) is 59.2 cm³/mol. The molecule has 92 valence electrons. The van der Waals surface area contributed by atoms with Gasteiger partial charge in [0.2, 0.25) is 5.91 Å². The molecular formula is C11H20N2O3. The number of hydrogen-bond donors (Lipinski definition) is 1. The summed E-state index contributed by atoms with van der Waals surface area (Å²) in [7, 11) is 1.66. The van der Waals surface area contributed by atoms with E-state index in [1.807, 2.05) is 4.90 Å². The van der Waals surface area contributed by atoms with Crippen molar-refractivity contribution in [2.45, 2.75) is 12.5 Å². The SMILES string of the molecule is COCCN1CCO[C@H]2CNCC[C@H]2C1=O. The molecule has 0 saturated carbocycles. The Balaban J connectivity index is 1.98. The van der Waals surface area contributed by atoms with Crippen molar-refractivity contribution in [3.8, 4) is 0 Å². The molecule has 0 bridgehead atoms. The van der Waals surface area contributed by atoms with E-state index in [1.165, 1.54) is 0 Å². The summed E-state index contributed by atoms with van der Waals surface area (Å²) in [5.74, 6) is 0.279. The number of methoxy groups -OCH3 is 1. The Morgan fingerprint density at radius 1 is 1.62 bits per heavy atom. The van der Waals surface area contributed by atoms with Gasteiger partial charge in [0.15, 0.2) is 0 Å². The maximum atomic E-state index is 12.2. The highest BCUT2D eigenvalue weighted by Gasteiger charge is 2.36. The molecule has 1 amide bonds. The van der Waals surface area contributed by atoms with Gasteiger partial charge in [-0.1, -0.05) is 0 Å². The van der Waals surface area contributed by atoms with Crippen LogP contribution in [0, 0.1) is 5.92 Å². The van der Waals surface area contributed by atoms with E-state index in [0.29, 0.717) is 26.3 Å². The number of carbonyl (C=O) groups excluding carboxylic acids is 1. The van der Waals surface area contributed by atoms with E-state index < -0.39 is 0 Å². The third-order valence-corrected chi connectivity index (χ3v) is 3.31. The lowest BCUT2D eigenvalue weighted by Crippen LogP contribution is -2.47. The molecule has 5 heteroatoms. The standard InChI is InChI=1S/C11H20N2O3/c1-15-6-4-13-5-7-16-10-8-12-3-2-9(10)11(13)14/h9-10,12H,2-8H2,1H3/t9-,10+/m1/s1. The highest BCUT2D eigenvalue weighted by Crippen LogP contribution is 2.21. The van der Waals surface area contributed by atoms with E-state index >= 15 is 0 Å². The quantitative estimate of drug-likeness (QED) is 0.705. The van der Waals surface area contributed by atoms with Crippen LogP contribution in [0.4, 0.5) is 0 Å². The number of nitrogens with one attached hydrogen (secondary N) is 1. The fraction of sp³-hybridized carbons (Fsp3) is 0.909. The number of fused-ring (bicyclic) bond motifs is 1. The van der Waals surface area contributed by atoms with Crippen molar-refractivity contribution in [3.63, 3.8) is 0 Å². The third-order valence-electron chi connectivity index (χ3n) is 3.31. The smallest absolute Gasteiger partial charge is 0.228 e. The van der Waals surface area contributed by atoms with Crippen LogP contribution in [-0.2, 0) is 14.3 Å². The van der Waals surface area contributed by atoms with E-state index in [9.17, 15) is 4.79 Å². The van der Waals surface area contributed by atoms with Crippen LogP contribution >= 0.6 is 0 Å². The van der Waals surface area contributed by atoms with Crippen molar-refractivity contribution in [1.82, 2.24) is 10.2 Å². The number of ether oxygens (including phenoxy) is 2. The normalized spacial score (nSPS) is 31.1. The topological polar surface area (TPSA) is 50.8 Å². The zero-order valence-corrected chi connectivity index (χ0v) is 9.78. The Morgan fingerprint density at radius 2 is 2.50 bits per heavy atom. The first kappa shape index (κ1) is 11.8. The zero-order valence-electron chi connectivity index (χ0n) is 9.78. The molecule has 2 heterocycles. The van der Waals surface area contributed by atoms with Gasteiger partial charge in [-0.15, -0.1) is 0 Å². The van der Waals surface area contributed by atoms with Crippen molar-refractivity contribution in [2.24, 2.45) is 5.92 Å². The third kappa shape index (κ3) is 2.53. The summed E-state index contributed by atoms with van der Waals surface area (Å²) in [6, 6.07) is 0. The number of hydrogen-bond acceptors (Lipinski definition) is 4. The molecule has 2 saturated heterocycles. The minimum Gasteiger partial charge on any atom is -0.383 e. The van der Waals surface area contributed by atoms with Gasteiger partial charge < -0.3 is 19.7 Å². The van der Waals surface area contributed by atoms with Gasteiger partial charge in [-0.25, -0.2) is 0 Å². The van der Waals surface area contributed by atoms with Crippen molar-refractivity contribution in [2.75, 3.05) is 46.5 Å². The van der Waals surface area contributed by atoms with E-state index in [1.54, 1.807) is 7.11 Å². The fourth-order valence-corrected chi connectivity index (χ4v) is 2.37. The van der Waals surface area contributed by atoms with Crippen LogP contribution < -0.4 is 5.32 Å². The average Bonchev–Trinajstić information content (AvgIpc) is 2.47. The molecule has 2 atom stereocenters. The minimum absolute atomic E-state index is 0.0422. The van der Waals surface area contributed by atoms with Crippen LogP contribution in [0.1, 0.15) is 6.42 Å². The first-order valence-electron chi connectivity index (χ1n) is 5.93. The Kier molecular flexibility index (Phi) is 4.15. The Morgan fingerprint density at radius 3 is 3.31 bits per heavy atom. The lowest BCUT2D eigenvalue weighted by atomic mass is 9.94. The Bertz CT molecular complexity index is 247. The monoisotopic (exact) mass is 228 g/mol. The molecule has 2 rings (SSSR count). The lowest BCUT2D eigenvalue weighted by molar-refractivity contribution is -0.138. The average molecular weight is 228 g/mol. The van der Waals surface area contributed by atoms with Crippen LogP contribution in [-0.4, -0.2) is 63.4 Å². The summed E-state index contributed by atoms with van der Waals surface area (Å²) >= 11 is 0. The van der Waals surface area contributed by atoms with Crippen molar-refractivity contribution in [3.05, 3.63) is 0 Å².